The maximum atomic E-state index is 12.8. The summed E-state index contributed by atoms with van der Waals surface area (Å²) in [5, 5.41) is 5.42. The van der Waals surface area contributed by atoms with Crippen LogP contribution in [0.3, 0.4) is 0 Å². The van der Waals surface area contributed by atoms with Gasteiger partial charge in [0.05, 0.1) is 11.3 Å². The van der Waals surface area contributed by atoms with Gasteiger partial charge in [-0.1, -0.05) is 60.7 Å². The number of hydrogen-bond acceptors (Lipinski definition) is 3. The molecule has 0 spiro atoms. The maximum Gasteiger partial charge on any atom is 0.253 e. The first kappa shape index (κ1) is 18.4. The molecule has 4 aromatic rings. The van der Waals surface area contributed by atoms with E-state index in [4.69, 9.17) is 0 Å². The van der Waals surface area contributed by atoms with Crippen LogP contribution in [0.5, 0.6) is 0 Å². The SMILES string of the molecule is CNC(=O)C(NC(=O)c1ccc2nc(-c3ccccc3)cn2c1)c1ccccc1. The summed E-state index contributed by atoms with van der Waals surface area (Å²) in [7, 11) is 1.55. The molecule has 0 fully saturated rings. The molecule has 2 aromatic carbocycles. The number of nitrogens with zero attached hydrogens (tertiary/aromatic N) is 2. The molecule has 0 saturated carbocycles. The second-order valence-electron chi connectivity index (χ2n) is 6.61. The van der Waals surface area contributed by atoms with E-state index < -0.39 is 6.04 Å². The van der Waals surface area contributed by atoms with Gasteiger partial charge in [0, 0.05) is 25.0 Å². The molecule has 2 heterocycles. The molecular formula is C23H20N4O2. The molecule has 29 heavy (non-hydrogen) atoms. The van der Waals surface area contributed by atoms with Crippen LogP contribution in [0.1, 0.15) is 22.0 Å². The highest BCUT2D eigenvalue weighted by molar-refractivity contribution is 5.97. The molecule has 1 atom stereocenters. The number of aromatic nitrogens is 2. The van der Waals surface area contributed by atoms with Gasteiger partial charge in [-0.15, -0.1) is 0 Å². The Morgan fingerprint density at radius 2 is 1.59 bits per heavy atom. The second-order valence-corrected chi connectivity index (χ2v) is 6.61. The van der Waals surface area contributed by atoms with E-state index in [0.29, 0.717) is 5.56 Å². The average Bonchev–Trinajstić information content (AvgIpc) is 3.21. The van der Waals surface area contributed by atoms with Gasteiger partial charge in [0.25, 0.3) is 5.91 Å². The van der Waals surface area contributed by atoms with Gasteiger partial charge in [-0.05, 0) is 17.7 Å². The number of benzene rings is 2. The van der Waals surface area contributed by atoms with Gasteiger partial charge in [-0.3, -0.25) is 9.59 Å². The molecular weight excluding hydrogens is 364 g/mol. The number of rotatable bonds is 5. The fourth-order valence-corrected chi connectivity index (χ4v) is 3.18. The average molecular weight is 384 g/mol. The molecule has 6 heteroatoms. The Morgan fingerprint density at radius 1 is 0.897 bits per heavy atom. The number of likely N-dealkylation sites (N-methyl/N-ethyl adjacent to an activating group) is 1. The van der Waals surface area contributed by atoms with E-state index in [0.717, 1.165) is 22.5 Å². The van der Waals surface area contributed by atoms with Crippen LogP contribution in [0.4, 0.5) is 0 Å². The van der Waals surface area contributed by atoms with Crippen molar-refractivity contribution in [2.45, 2.75) is 6.04 Å². The lowest BCUT2D eigenvalue weighted by Crippen LogP contribution is -2.39. The van der Waals surface area contributed by atoms with Crippen LogP contribution < -0.4 is 10.6 Å². The smallest absolute Gasteiger partial charge is 0.253 e. The minimum absolute atomic E-state index is 0.278. The van der Waals surface area contributed by atoms with Crippen LogP contribution in [0.25, 0.3) is 16.9 Å². The Bertz CT molecular complexity index is 1150. The molecule has 144 valence electrons. The fraction of sp³-hybridized carbons (Fsp3) is 0.0870. The van der Waals surface area contributed by atoms with E-state index in [-0.39, 0.29) is 11.8 Å². The number of hydrogen-bond donors (Lipinski definition) is 2. The van der Waals surface area contributed by atoms with E-state index >= 15 is 0 Å². The zero-order chi connectivity index (χ0) is 20.2. The summed E-state index contributed by atoms with van der Waals surface area (Å²) in [4.78, 5) is 29.8. The summed E-state index contributed by atoms with van der Waals surface area (Å²) in [5.41, 5.74) is 3.74. The molecule has 0 aliphatic heterocycles. The predicted molar refractivity (Wildman–Crippen MR) is 111 cm³/mol. The number of carbonyl (C=O) groups excluding carboxylic acids is 2. The molecule has 0 aliphatic rings. The van der Waals surface area contributed by atoms with Gasteiger partial charge in [0.15, 0.2) is 0 Å². The van der Waals surface area contributed by atoms with Crippen molar-refractivity contribution in [1.82, 2.24) is 20.0 Å². The normalized spacial score (nSPS) is 11.8. The highest BCUT2D eigenvalue weighted by atomic mass is 16.2. The van der Waals surface area contributed by atoms with Crippen LogP contribution in [0, 0.1) is 0 Å². The summed E-state index contributed by atoms with van der Waals surface area (Å²) in [6.07, 6.45) is 3.60. The monoisotopic (exact) mass is 384 g/mol. The third-order valence-corrected chi connectivity index (χ3v) is 4.70. The van der Waals surface area contributed by atoms with Crippen molar-refractivity contribution in [2.75, 3.05) is 7.05 Å². The quantitative estimate of drug-likeness (QED) is 0.555. The van der Waals surface area contributed by atoms with Gasteiger partial charge in [0.1, 0.15) is 11.7 Å². The summed E-state index contributed by atoms with van der Waals surface area (Å²) in [6, 6.07) is 21.7. The van der Waals surface area contributed by atoms with Gasteiger partial charge in [-0.2, -0.15) is 0 Å². The number of pyridine rings is 1. The Morgan fingerprint density at radius 3 is 2.28 bits per heavy atom. The lowest BCUT2D eigenvalue weighted by molar-refractivity contribution is -0.122. The molecule has 0 saturated heterocycles. The highest BCUT2D eigenvalue weighted by Crippen LogP contribution is 2.20. The number of imidazole rings is 1. The Kier molecular flexibility index (Phi) is 5.07. The van der Waals surface area contributed by atoms with Crippen LogP contribution in [-0.4, -0.2) is 28.2 Å². The molecule has 0 bridgehead atoms. The zero-order valence-corrected chi connectivity index (χ0v) is 15.9. The first-order valence-electron chi connectivity index (χ1n) is 9.27. The molecule has 2 aromatic heterocycles. The van der Waals surface area contributed by atoms with Crippen molar-refractivity contribution < 1.29 is 9.59 Å². The van der Waals surface area contributed by atoms with E-state index in [1.165, 1.54) is 0 Å². The standard InChI is InChI=1S/C23H20N4O2/c1-24-23(29)21(17-10-6-3-7-11-17)26-22(28)18-12-13-20-25-19(15-27(20)14-18)16-8-4-2-5-9-16/h2-15,21H,1H3,(H,24,29)(H,26,28). The highest BCUT2D eigenvalue weighted by Gasteiger charge is 2.22. The number of amides is 2. The van der Waals surface area contributed by atoms with Crippen LogP contribution in [0.2, 0.25) is 0 Å². The Hall–Kier alpha value is -3.93. The molecule has 0 aliphatic carbocycles. The Balaban J connectivity index is 1.61. The summed E-state index contributed by atoms with van der Waals surface area (Å²) >= 11 is 0. The van der Waals surface area contributed by atoms with E-state index in [2.05, 4.69) is 15.6 Å². The molecule has 4 rings (SSSR count). The molecule has 0 radical (unpaired) electrons. The molecule has 1 unspecified atom stereocenters. The zero-order valence-electron chi connectivity index (χ0n) is 15.9. The van der Waals surface area contributed by atoms with E-state index in [9.17, 15) is 9.59 Å². The van der Waals surface area contributed by atoms with Gasteiger partial charge in [-0.25, -0.2) is 4.98 Å². The Labute approximate surface area is 168 Å². The predicted octanol–water partition coefficient (Wildman–Crippen LogP) is 3.22. The maximum absolute atomic E-state index is 12.8. The minimum Gasteiger partial charge on any atom is -0.357 e. The van der Waals surface area contributed by atoms with Crippen molar-refractivity contribution >= 4 is 17.5 Å². The van der Waals surface area contributed by atoms with Crippen molar-refractivity contribution in [1.29, 1.82) is 0 Å². The van der Waals surface area contributed by atoms with Crippen molar-refractivity contribution in [3.8, 4) is 11.3 Å². The van der Waals surface area contributed by atoms with Crippen molar-refractivity contribution in [3.63, 3.8) is 0 Å². The largest absolute Gasteiger partial charge is 0.357 e. The van der Waals surface area contributed by atoms with Crippen molar-refractivity contribution in [3.05, 3.63) is 96.3 Å². The minimum atomic E-state index is -0.771. The van der Waals surface area contributed by atoms with Gasteiger partial charge >= 0.3 is 0 Å². The lowest BCUT2D eigenvalue weighted by atomic mass is 10.1. The van der Waals surface area contributed by atoms with Crippen molar-refractivity contribution in [2.24, 2.45) is 0 Å². The third kappa shape index (κ3) is 3.87. The fourth-order valence-electron chi connectivity index (χ4n) is 3.18. The van der Waals surface area contributed by atoms with Crippen LogP contribution in [0.15, 0.2) is 85.2 Å². The third-order valence-electron chi connectivity index (χ3n) is 4.70. The lowest BCUT2D eigenvalue weighted by Gasteiger charge is -2.17. The number of fused-ring (bicyclic) bond motifs is 1. The summed E-state index contributed by atoms with van der Waals surface area (Å²) < 4.78 is 1.81. The van der Waals surface area contributed by atoms with Crippen LogP contribution >= 0.6 is 0 Å². The topological polar surface area (TPSA) is 75.5 Å². The number of nitrogens with one attached hydrogen (secondary N) is 2. The van der Waals surface area contributed by atoms with Gasteiger partial charge in [0.2, 0.25) is 5.91 Å². The summed E-state index contributed by atoms with van der Waals surface area (Å²) in [6.45, 7) is 0. The number of carbonyl (C=O) groups is 2. The first-order valence-corrected chi connectivity index (χ1v) is 9.27. The second kappa shape index (κ2) is 7.98. The first-order chi connectivity index (χ1) is 14.2. The van der Waals surface area contributed by atoms with Crippen LogP contribution in [-0.2, 0) is 4.79 Å². The molecule has 2 N–H and O–H groups in total. The summed E-state index contributed by atoms with van der Waals surface area (Å²) in [5.74, 6) is -0.612. The van der Waals surface area contributed by atoms with E-state index in [1.54, 1.807) is 25.4 Å². The molecule has 2 amide bonds. The van der Waals surface area contributed by atoms with Gasteiger partial charge < -0.3 is 15.0 Å². The van der Waals surface area contributed by atoms with E-state index in [1.807, 2.05) is 71.3 Å². The molecule has 6 nitrogen and oxygen atoms in total.